The molecular formula is C18H21NO2. The SMILES string of the molecule is Cn1ccc(C(=O)CC(=O)c2ccc(C(C)(C)C)cc2)c1. The van der Waals surface area contributed by atoms with Gasteiger partial charge in [-0.2, -0.15) is 0 Å². The minimum atomic E-state index is -0.138. The van der Waals surface area contributed by atoms with Gasteiger partial charge in [-0.1, -0.05) is 45.0 Å². The van der Waals surface area contributed by atoms with E-state index in [9.17, 15) is 9.59 Å². The lowest BCUT2D eigenvalue weighted by atomic mass is 9.86. The first-order chi connectivity index (χ1) is 9.77. The molecule has 0 spiro atoms. The molecule has 0 atom stereocenters. The van der Waals surface area contributed by atoms with Crippen LogP contribution in [0.3, 0.4) is 0 Å². The molecule has 0 saturated heterocycles. The van der Waals surface area contributed by atoms with E-state index in [2.05, 4.69) is 20.8 Å². The lowest BCUT2D eigenvalue weighted by Gasteiger charge is -2.18. The van der Waals surface area contributed by atoms with Crippen molar-refractivity contribution in [3.8, 4) is 0 Å². The molecule has 0 bridgehead atoms. The molecule has 0 aliphatic heterocycles. The zero-order valence-corrected chi connectivity index (χ0v) is 13.0. The van der Waals surface area contributed by atoms with Crippen LogP contribution in [0.2, 0.25) is 0 Å². The molecule has 0 radical (unpaired) electrons. The highest BCUT2D eigenvalue weighted by molar-refractivity contribution is 6.13. The summed E-state index contributed by atoms with van der Waals surface area (Å²) in [5, 5.41) is 0. The maximum absolute atomic E-state index is 12.2. The van der Waals surface area contributed by atoms with E-state index >= 15 is 0 Å². The van der Waals surface area contributed by atoms with Gasteiger partial charge < -0.3 is 4.57 Å². The quantitative estimate of drug-likeness (QED) is 0.632. The van der Waals surface area contributed by atoms with Crippen molar-refractivity contribution in [3.63, 3.8) is 0 Å². The predicted octanol–water partition coefficient (Wildman–Crippen LogP) is 3.78. The topological polar surface area (TPSA) is 39.1 Å². The summed E-state index contributed by atoms with van der Waals surface area (Å²) < 4.78 is 1.80. The Kier molecular flexibility index (Phi) is 4.12. The van der Waals surface area contributed by atoms with E-state index in [1.54, 1.807) is 35.2 Å². The number of carbonyl (C=O) groups is 2. The van der Waals surface area contributed by atoms with E-state index in [0.29, 0.717) is 11.1 Å². The van der Waals surface area contributed by atoms with Gasteiger partial charge in [-0.25, -0.2) is 0 Å². The molecule has 2 rings (SSSR count). The molecule has 0 fully saturated rings. The Bertz CT molecular complexity index is 657. The Hall–Kier alpha value is -2.16. The van der Waals surface area contributed by atoms with Crippen LogP contribution in [-0.4, -0.2) is 16.1 Å². The lowest BCUT2D eigenvalue weighted by Crippen LogP contribution is -2.12. The molecule has 21 heavy (non-hydrogen) atoms. The van der Waals surface area contributed by atoms with Crippen LogP contribution in [0.15, 0.2) is 42.7 Å². The summed E-state index contributed by atoms with van der Waals surface area (Å²) in [4.78, 5) is 24.2. The van der Waals surface area contributed by atoms with Crippen molar-refractivity contribution in [3.05, 3.63) is 59.4 Å². The third-order valence-electron chi connectivity index (χ3n) is 3.55. The molecule has 3 heteroatoms. The van der Waals surface area contributed by atoms with Gasteiger partial charge in [-0.3, -0.25) is 9.59 Å². The van der Waals surface area contributed by atoms with Crippen LogP contribution in [0.25, 0.3) is 0 Å². The van der Waals surface area contributed by atoms with Gasteiger partial charge in [-0.05, 0) is 17.0 Å². The number of aromatic nitrogens is 1. The average molecular weight is 283 g/mol. The summed E-state index contributed by atoms with van der Waals surface area (Å²) in [6.45, 7) is 6.38. The summed E-state index contributed by atoms with van der Waals surface area (Å²) in [6.07, 6.45) is 3.45. The fourth-order valence-corrected chi connectivity index (χ4v) is 2.17. The van der Waals surface area contributed by atoms with E-state index in [4.69, 9.17) is 0 Å². The van der Waals surface area contributed by atoms with Gasteiger partial charge in [0.2, 0.25) is 0 Å². The second kappa shape index (κ2) is 5.68. The third kappa shape index (κ3) is 3.69. The molecule has 0 aliphatic carbocycles. The van der Waals surface area contributed by atoms with Gasteiger partial charge >= 0.3 is 0 Å². The summed E-state index contributed by atoms with van der Waals surface area (Å²) in [5.41, 5.74) is 2.40. The van der Waals surface area contributed by atoms with Gasteiger partial charge in [0.15, 0.2) is 11.6 Å². The maximum Gasteiger partial charge on any atom is 0.172 e. The smallest absolute Gasteiger partial charge is 0.172 e. The fourth-order valence-electron chi connectivity index (χ4n) is 2.17. The van der Waals surface area contributed by atoms with Gasteiger partial charge in [0.05, 0.1) is 6.42 Å². The monoisotopic (exact) mass is 283 g/mol. The molecule has 0 saturated carbocycles. The van der Waals surface area contributed by atoms with Crippen molar-refractivity contribution in [2.75, 3.05) is 0 Å². The van der Waals surface area contributed by atoms with Gasteiger partial charge in [0.1, 0.15) is 0 Å². The van der Waals surface area contributed by atoms with Crippen LogP contribution in [0.5, 0.6) is 0 Å². The average Bonchev–Trinajstić information content (AvgIpc) is 2.84. The number of hydrogen-bond donors (Lipinski definition) is 0. The molecule has 3 nitrogen and oxygen atoms in total. The Morgan fingerprint density at radius 3 is 2.00 bits per heavy atom. The highest BCUT2D eigenvalue weighted by Gasteiger charge is 2.17. The Morgan fingerprint density at radius 2 is 1.52 bits per heavy atom. The summed E-state index contributed by atoms with van der Waals surface area (Å²) in [7, 11) is 1.85. The molecule has 0 aliphatic rings. The van der Waals surface area contributed by atoms with Crippen molar-refractivity contribution in [2.45, 2.75) is 32.6 Å². The first-order valence-electron chi connectivity index (χ1n) is 7.06. The predicted molar refractivity (Wildman–Crippen MR) is 83.8 cm³/mol. The minimum Gasteiger partial charge on any atom is -0.357 e. The molecule has 1 aromatic heterocycles. The number of nitrogens with zero attached hydrogens (tertiary/aromatic N) is 1. The molecule has 0 amide bonds. The molecule has 110 valence electrons. The summed E-state index contributed by atoms with van der Waals surface area (Å²) in [5.74, 6) is -0.273. The molecule has 1 aromatic carbocycles. The van der Waals surface area contributed by atoms with Crippen molar-refractivity contribution < 1.29 is 9.59 Å². The summed E-state index contributed by atoms with van der Waals surface area (Å²) in [6, 6.07) is 9.27. The fraction of sp³-hybridized carbons (Fsp3) is 0.333. The zero-order chi connectivity index (χ0) is 15.6. The number of Topliss-reactive ketones (excluding diaryl/α,β-unsaturated/α-hetero) is 2. The first-order valence-corrected chi connectivity index (χ1v) is 7.06. The number of ketones is 2. The lowest BCUT2D eigenvalue weighted by molar-refractivity contribution is 0.0894. The highest BCUT2D eigenvalue weighted by atomic mass is 16.1. The number of carbonyl (C=O) groups excluding carboxylic acids is 2. The standard InChI is InChI=1S/C18H21NO2/c1-18(2,3)15-7-5-13(6-8-15)16(20)11-17(21)14-9-10-19(4)12-14/h5-10,12H,11H2,1-4H3. The van der Waals surface area contributed by atoms with Gasteiger partial charge in [0, 0.05) is 30.6 Å². The number of rotatable bonds is 4. The molecular weight excluding hydrogens is 262 g/mol. The third-order valence-corrected chi connectivity index (χ3v) is 3.55. The normalized spacial score (nSPS) is 11.4. The largest absolute Gasteiger partial charge is 0.357 e. The van der Waals surface area contributed by atoms with E-state index in [0.717, 1.165) is 0 Å². The highest BCUT2D eigenvalue weighted by Crippen LogP contribution is 2.22. The summed E-state index contributed by atoms with van der Waals surface area (Å²) >= 11 is 0. The van der Waals surface area contributed by atoms with Gasteiger partial charge in [0.25, 0.3) is 0 Å². The molecule has 2 aromatic rings. The van der Waals surface area contributed by atoms with Crippen LogP contribution in [0.1, 0.15) is 53.5 Å². The van der Waals surface area contributed by atoms with Crippen LogP contribution in [0, 0.1) is 0 Å². The van der Waals surface area contributed by atoms with Crippen molar-refractivity contribution in [1.29, 1.82) is 0 Å². The van der Waals surface area contributed by atoms with Crippen LogP contribution < -0.4 is 0 Å². The number of aryl methyl sites for hydroxylation is 1. The molecule has 0 unspecified atom stereocenters. The Morgan fingerprint density at radius 1 is 0.952 bits per heavy atom. The number of hydrogen-bond acceptors (Lipinski definition) is 2. The Labute approximate surface area is 125 Å². The maximum atomic E-state index is 12.2. The van der Waals surface area contributed by atoms with Crippen LogP contribution in [-0.2, 0) is 12.5 Å². The second-order valence-electron chi connectivity index (χ2n) is 6.42. The van der Waals surface area contributed by atoms with E-state index in [1.165, 1.54) is 5.56 Å². The van der Waals surface area contributed by atoms with Gasteiger partial charge in [-0.15, -0.1) is 0 Å². The van der Waals surface area contributed by atoms with Crippen LogP contribution in [0.4, 0.5) is 0 Å². The minimum absolute atomic E-state index is 0.0570. The van der Waals surface area contributed by atoms with E-state index in [-0.39, 0.29) is 23.4 Å². The van der Waals surface area contributed by atoms with E-state index in [1.807, 2.05) is 19.2 Å². The zero-order valence-electron chi connectivity index (χ0n) is 13.0. The first kappa shape index (κ1) is 15.2. The van der Waals surface area contributed by atoms with E-state index < -0.39 is 0 Å². The van der Waals surface area contributed by atoms with Crippen molar-refractivity contribution in [2.24, 2.45) is 7.05 Å². The number of benzene rings is 1. The molecule has 1 heterocycles. The molecule has 0 N–H and O–H groups in total. The second-order valence-corrected chi connectivity index (χ2v) is 6.42. The van der Waals surface area contributed by atoms with Crippen LogP contribution >= 0.6 is 0 Å². The van der Waals surface area contributed by atoms with Crippen molar-refractivity contribution in [1.82, 2.24) is 4.57 Å². The Balaban J connectivity index is 2.08. The van der Waals surface area contributed by atoms with Crippen molar-refractivity contribution >= 4 is 11.6 Å².